The third-order valence-corrected chi connectivity index (χ3v) is 3.90. The van der Waals surface area contributed by atoms with Gasteiger partial charge in [0.15, 0.2) is 0 Å². The van der Waals surface area contributed by atoms with E-state index in [1.165, 1.54) is 6.07 Å². The fourth-order valence-electron chi connectivity index (χ4n) is 2.48. The van der Waals surface area contributed by atoms with Crippen LogP contribution in [0.1, 0.15) is 49.8 Å². The Kier molecular flexibility index (Phi) is 3.90. The van der Waals surface area contributed by atoms with Crippen LogP contribution in [0.15, 0.2) is 18.2 Å². The lowest BCUT2D eigenvalue weighted by Gasteiger charge is -2.24. The molecule has 2 N–H and O–H groups in total. The molecule has 19 heavy (non-hydrogen) atoms. The highest BCUT2D eigenvalue weighted by atomic mass is 19.1. The Morgan fingerprint density at radius 1 is 1.42 bits per heavy atom. The molecule has 1 atom stereocenters. The van der Waals surface area contributed by atoms with Crippen LogP contribution in [-0.4, -0.2) is 16.6 Å². The lowest BCUT2D eigenvalue weighted by Crippen LogP contribution is -2.45. The highest BCUT2D eigenvalue weighted by Gasteiger charge is 2.39. The fraction of sp³-hybridized carbons (Fsp3) is 0.533. The summed E-state index contributed by atoms with van der Waals surface area (Å²) in [5.74, 6) is -0.628. The molecule has 0 saturated heterocycles. The number of carbonyl (C=O) groups is 1. The van der Waals surface area contributed by atoms with Crippen LogP contribution in [-0.2, 0) is 4.79 Å². The van der Waals surface area contributed by atoms with Crippen LogP contribution in [0.2, 0.25) is 0 Å². The zero-order chi connectivity index (χ0) is 14.0. The van der Waals surface area contributed by atoms with E-state index >= 15 is 0 Å². The standard InChI is InChI=1S/C15H20FNO2/c1-10-5-6-12(9-13(10)16)11(2)17-14(18)15(19)7-3-4-8-15/h5-6,9,11,19H,3-4,7-8H2,1-2H3,(H,17,18). The summed E-state index contributed by atoms with van der Waals surface area (Å²) in [5.41, 5.74) is 0.0482. The number of rotatable bonds is 3. The van der Waals surface area contributed by atoms with Gasteiger partial charge in [0.1, 0.15) is 11.4 Å². The first-order valence-corrected chi connectivity index (χ1v) is 6.72. The Labute approximate surface area is 112 Å². The molecule has 0 heterocycles. The monoisotopic (exact) mass is 265 g/mol. The van der Waals surface area contributed by atoms with Gasteiger partial charge in [0.2, 0.25) is 0 Å². The summed E-state index contributed by atoms with van der Waals surface area (Å²) in [6.07, 6.45) is 2.76. The molecule has 1 aromatic carbocycles. The van der Waals surface area contributed by atoms with E-state index in [0.29, 0.717) is 24.0 Å². The zero-order valence-electron chi connectivity index (χ0n) is 11.4. The second-order valence-electron chi connectivity index (χ2n) is 5.44. The fourth-order valence-corrected chi connectivity index (χ4v) is 2.48. The number of amides is 1. The van der Waals surface area contributed by atoms with Crippen molar-refractivity contribution >= 4 is 5.91 Å². The predicted molar refractivity (Wildman–Crippen MR) is 71.1 cm³/mol. The van der Waals surface area contributed by atoms with Crippen LogP contribution in [0.25, 0.3) is 0 Å². The summed E-state index contributed by atoms with van der Waals surface area (Å²) in [7, 11) is 0. The van der Waals surface area contributed by atoms with Crippen molar-refractivity contribution in [1.82, 2.24) is 5.32 Å². The van der Waals surface area contributed by atoms with Crippen molar-refractivity contribution in [2.75, 3.05) is 0 Å². The smallest absolute Gasteiger partial charge is 0.252 e. The second kappa shape index (κ2) is 5.29. The Balaban J connectivity index is 2.06. The molecular weight excluding hydrogens is 245 g/mol. The molecule has 1 aromatic rings. The molecule has 2 rings (SSSR count). The molecule has 0 aromatic heterocycles. The van der Waals surface area contributed by atoms with Crippen molar-refractivity contribution in [2.45, 2.75) is 51.2 Å². The Hall–Kier alpha value is -1.42. The minimum absolute atomic E-state index is 0.279. The summed E-state index contributed by atoms with van der Waals surface area (Å²) in [6.45, 7) is 3.49. The quantitative estimate of drug-likeness (QED) is 0.882. The van der Waals surface area contributed by atoms with Gasteiger partial charge in [-0.3, -0.25) is 4.79 Å². The van der Waals surface area contributed by atoms with E-state index in [4.69, 9.17) is 0 Å². The number of aryl methyl sites for hydroxylation is 1. The highest BCUT2D eigenvalue weighted by Crippen LogP contribution is 2.30. The van der Waals surface area contributed by atoms with E-state index < -0.39 is 5.60 Å². The Morgan fingerprint density at radius 3 is 2.63 bits per heavy atom. The van der Waals surface area contributed by atoms with E-state index in [0.717, 1.165) is 12.8 Å². The van der Waals surface area contributed by atoms with Gasteiger partial charge in [-0.15, -0.1) is 0 Å². The maximum atomic E-state index is 13.5. The number of nitrogens with one attached hydrogen (secondary N) is 1. The van der Waals surface area contributed by atoms with Crippen LogP contribution in [0.4, 0.5) is 4.39 Å². The van der Waals surface area contributed by atoms with Gasteiger partial charge in [-0.25, -0.2) is 4.39 Å². The number of halogens is 1. The van der Waals surface area contributed by atoms with Crippen molar-refractivity contribution in [3.8, 4) is 0 Å². The average Bonchev–Trinajstić information content (AvgIpc) is 2.81. The molecule has 1 amide bonds. The first-order chi connectivity index (χ1) is 8.92. The van der Waals surface area contributed by atoms with Crippen molar-refractivity contribution in [3.05, 3.63) is 35.1 Å². The molecule has 0 aliphatic heterocycles. The third-order valence-electron chi connectivity index (χ3n) is 3.90. The van der Waals surface area contributed by atoms with Crippen LogP contribution in [0, 0.1) is 12.7 Å². The molecule has 3 nitrogen and oxygen atoms in total. The van der Waals surface area contributed by atoms with Crippen LogP contribution < -0.4 is 5.32 Å². The zero-order valence-corrected chi connectivity index (χ0v) is 11.4. The molecule has 4 heteroatoms. The van der Waals surface area contributed by atoms with Crippen LogP contribution in [0.5, 0.6) is 0 Å². The van der Waals surface area contributed by atoms with Gasteiger partial charge in [0, 0.05) is 0 Å². The van der Waals surface area contributed by atoms with Gasteiger partial charge in [-0.1, -0.05) is 12.1 Å². The van der Waals surface area contributed by atoms with Gasteiger partial charge < -0.3 is 10.4 Å². The number of hydrogen-bond acceptors (Lipinski definition) is 2. The predicted octanol–water partition coefficient (Wildman–Crippen LogP) is 2.62. The summed E-state index contributed by atoms with van der Waals surface area (Å²) >= 11 is 0. The topological polar surface area (TPSA) is 49.3 Å². The molecular formula is C15H20FNO2. The van der Waals surface area contributed by atoms with E-state index in [2.05, 4.69) is 5.32 Å². The molecule has 1 saturated carbocycles. The number of benzene rings is 1. The number of carbonyl (C=O) groups excluding carboxylic acids is 1. The van der Waals surface area contributed by atoms with Gasteiger partial charge in [-0.2, -0.15) is 0 Å². The third kappa shape index (κ3) is 2.95. The highest BCUT2D eigenvalue weighted by molar-refractivity contribution is 5.85. The normalized spacial score (nSPS) is 19.2. The minimum Gasteiger partial charge on any atom is -0.380 e. The molecule has 0 spiro atoms. The van der Waals surface area contributed by atoms with E-state index in [1.807, 2.05) is 0 Å². The van der Waals surface area contributed by atoms with E-state index in [-0.39, 0.29) is 17.8 Å². The second-order valence-corrected chi connectivity index (χ2v) is 5.44. The summed E-state index contributed by atoms with van der Waals surface area (Å²) in [5, 5.41) is 12.9. The summed E-state index contributed by atoms with van der Waals surface area (Å²) in [4.78, 5) is 12.0. The van der Waals surface area contributed by atoms with Gasteiger partial charge in [0.25, 0.3) is 5.91 Å². The number of aliphatic hydroxyl groups is 1. The van der Waals surface area contributed by atoms with Crippen molar-refractivity contribution in [3.63, 3.8) is 0 Å². The Morgan fingerprint density at radius 2 is 2.05 bits per heavy atom. The first-order valence-electron chi connectivity index (χ1n) is 6.72. The van der Waals surface area contributed by atoms with Gasteiger partial charge in [0.05, 0.1) is 6.04 Å². The van der Waals surface area contributed by atoms with Crippen molar-refractivity contribution in [1.29, 1.82) is 0 Å². The van der Waals surface area contributed by atoms with Crippen LogP contribution >= 0.6 is 0 Å². The molecule has 1 aliphatic rings. The average molecular weight is 265 g/mol. The molecule has 104 valence electrons. The van der Waals surface area contributed by atoms with Crippen molar-refractivity contribution < 1.29 is 14.3 Å². The maximum absolute atomic E-state index is 13.5. The SMILES string of the molecule is Cc1ccc(C(C)NC(=O)C2(O)CCCC2)cc1F. The Bertz CT molecular complexity index is 481. The summed E-state index contributed by atoms with van der Waals surface area (Å²) < 4.78 is 13.5. The lowest BCUT2D eigenvalue weighted by molar-refractivity contribution is -0.139. The van der Waals surface area contributed by atoms with Gasteiger partial charge in [-0.05, 0) is 56.7 Å². The largest absolute Gasteiger partial charge is 0.380 e. The minimum atomic E-state index is -1.24. The molecule has 0 bridgehead atoms. The first kappa shape index (κ1) is 14.0. The molecule has 1 aliphatic carbocycles. The number of hydrogen-bond donors (Lipinski definition) is 2. The maximum Gasteiger partial charge on any atom is 0.252 e. The summed E-state index contributed by atoms with van der Waals surface area (Å²) in [6, 6.07) is 4.60. The molecule has 1 fully saturated rings. The molecule has 1 unspecified atom stereocenters. The van der Waals surface area contributed by atoms with Crippen LogP contribution in [0.3, 0.4) is 0 Å². The van der Waals surface area contributed by atoms with E-state index in [1.54, 1.807) is 26.0 Å². The van der Waals surface area contributed by atoms with Gasteiger partial charge >= 0.3 is 0 Å². The van der Waals surface area contributed by atoms with E-state index in [9.17, 15) is 14.3 Å². The molecule has 0 radical (unpaired) electrons. The lowest BCUT2D eigenvalue weighted by atomic mass is 9.99. The van der Waals surface area contributed by atoms with Crippen molar-refractivity contribution in [2.24, 2.45) is 0 Å².